The highest BCUT2D eigenvalue weighted by Gasteiger charge is 2.05. The van der Waals surface area contributed by atoms with Gasteiger partial charge in [-0.25, -0.2) is 8.78 Å². The summed E-state index contributed by atoms with van der Waals surface area (Å²) in [4.78, 5) is 0. The SMILES string of the molecule is N#Cc1cc(F)cc(COc2ccc(C#N)c(F)c2)c1. The van der Waals surface area contributed by atoms with Crippen LogP contribution in [0.4, 0.5) is 8.78 Å². The van der Waals surface area contributed by atoms with E-state index >= 15 is 0 Å². The summed E-state index contributed by atoms with van der Waals surface area (Å²) in [6, 6.07) is 11.2. The first-order chi connectivity index (χ1) is 9.62. The molecule has 0 aliphatic carbocycles. The van der Waals surface area contributed by atoms with Crippen molar-refractivity contribution in [3.05, 3.63) is 64.7 Å². The van der Waals surface area contributed by atoms with Gasteiger partial charge in [-0.3, -0.25) is 0 Å². The molecule has 0 N–H and O–H groups in total. The molecule has 0 radical (unpaired) electrons. The van der Waals surface area contributed by atoms with Gasteiger partial charge in [0.2, 0.25) is 0 Å². The van der Waals surface area contributed by atoms with Gasteiger partial charge in [0.15, 0.2) is 0 Å². The second-order valence-electron chi connectivity index (χ2n) is 4.00. The van der Waals surface area contributed by atoms with Crippen molar-refractivity contribution in [2.75, 3.05) is 0 Å². The fraction of sp³-hybridized carbons (Fsp3) is 0.0667. The van der Waals surface area contributed by atoms with E-state index in [0.29, 0.717) is 5.56 Å². The van der Waals surface area contributed by atoms with Crippen molar-refractivity contribution in [2.45, 2.75) is 6.61 Å². The predicted octanol–water partition coefficient (Wildman–Crippen LogP) is 3.29. The van der Waals surface area contributed by atoms with Crippen LogP contribution in [0.15, 0.2) is 36.4 Å². The van der Waals surface area contributed by atoms with Gasteiger partial charge in [0.05, 0.1) is 17.2 Å². The van der Waals surface area contributed by atoms with Gasteiger partial charge >= 0.3 is 0 Å². The minimum atomic E-state index is -0.679. The van der Waals surface area contributed by atoms with E-state index < -0.39 is 11.6 Å². The summed E-state index contributed by atoms with van der Waals surface area (Å²) >= 11 is 0. The number of benzene rings is 2. The van der Waals surface area contributed by atoms with Crippen molar-refractivity contribution >= 4 is 0 Å². The molecule has 0 heterocycles. The van der Waals surface area contributed by atoms with E-state index in [1.807, 2.05) is 6.07 Å². The molecular formula is C15H8F2N2O. The quantitative estimate of drug-likeness (QED) is 0.859. The second kappa shape index (κ2) is 5.81. The van der Waals surface area contributed by atoms with Gasteiger partial charge in [0.25, 0.3) is 0 Å². The summed E-state index contributed by atoms with van der Waals surface area (Å²) in [5.41, 5.74) is 0.579. The monoisotopic (exact) mass is 270 g/mol. The van der Waals surface area contributed by atoms with Crippen LogP contribution in [0.25, 0.3) is 0 Å². The molecule has 2 rings (SSSR count). The minimum Gasteiger partial charge on any atom is -0.489 e. The van der Waals surface area contributed by atoms with Gasteiger partial charge in [-0.1, -0.05) is 0 Å². The fourth-order valence-corrected chi connectivity index (χ4v) is 1.64. The van der Waals surface area contributed by atoms with Gasteiger partial charge in [-0.05, 0) is 35.9 Å². The first-order valence-electron chi connectivity index (χ1n) is 5.64. The highest BCUT2D eigenvalue weighted by Crippen LogP contribution is 2.18. The van der Waals surface area contributed by atoms with Crippen LogP contribution in [0.2, 0.25) is 0 Å². The molecule has 0 aliphatic rings. The lowest BCUT2D eigenvalue weighted by Gasteiger charge is -2.07. The molecule has 2 aromatic carbocycles. The van der Waals surface area contributed by atoms with Crippen LogP contribution in [-0.2, 0) is 6.61 Å². The molecule has 0 aromatic heterocycles. The molecule has 98 valence electrons. The molecule has 0 aliphatic heterocycles. The zero-order valence-electron chi connectivity index (χ0n) is 10.2. The lowest BCUT2D eigenvalue weighted by atomic mass is 10.1. The highest BCUT2D eigenvalue weighted by molar-refractivity contribution is 5.37. The average Bonchev–Trinajstić information content (AvgIpc) is 2.44. The van der Waals surface area contributed by atoms with Crippen molar-refractivity contribution in [3.63, 3.8) is 0 Å². The van der Waals surface area contributed by atoms with Gasteiger partial charge in [-0.2, -0.15) is 10.5 Å². The second-order valence-corrected chi connectivity index (χ2v) is 4.00. The maximum atomic E-state index is 13.4. The van der Waals surface area contributed by atoms with E-state index in [1.54, 1.807) is 6.07 Å². The number of halogens is 2. The average molecular weight is 270 g/mol. The summed E-state index contributed by atoms with van der Waals surface area (Å²) in [5, 5.41) is 17.3. The summed E-state index contributed by atoms with van der Waals surface area (Å²) in [7, 11) is 0. The first-order valence-corrected chi connectivity index (χ1v) is 5.64. The van der Waals surface area contributed by atoms with E-state index in [2.05, 4.69) is 0 Å². The van der Waals surface area contributed by atoms with E-state index in [4.69, 9.17) is 15.3 Å². The van der Waals surface area contributed by atoms with E-state index in [1.165, 1.54) is 24.3 Å². The van der Waals surface area contributed by atoms with Crippen molar-refractivity contribution in [1.82, 2.24) is 0 Å². The number of nitriles is 2. The highest BCUT2D eigenvalue weighted by atomic mass is 19.1. The smallest absolute Gasteiger partial charge is 0.144 e. The molecule has 0 atom stereocenters. The number of ether oxygens (including phenoxy) is 1. The third-order valence-electron chi connectivity index (χ3n) is 2.55. The van der Waals surface area contributed by atoms with Crippen LogP contribution in [0.1, 0.15) is 16.7 Å². The summed E-state index contributed by atoms with van der Waals surface area (Å²) in [6.45, 7) is -0.00220. The van der Waals surface area contributed by atoms with Crippen LogP contribution in [0.5, 0.6) is 5.75 Å². The van der Waals surface area contributed by atoms with Crippen LogP contribution in [0, 0.1) is 34.3 Å². The Morgan fingerprint density at radius 1 is 1.00 bits per heavy atom. The topological polar surface area (TPSA) is 56.8 Å². The first kappa shape index (κ1) is 13.5. The lowest BCUT2D eigenvalue weighted by molar-refractivity contribution is 0.304. The molecule has 0 amide bonds. The maximum absolute atomic E-state index is 13.4. The molecule has 3 nitrogen and oxygen atoms in total. The molecule has 0 bridgehead atoms. The Labute approximate surface area is 114 Å². The summed E-state index contributed by atoms with van der Waals surface area (Å²) < 4.78 is 31.9. The van der Waals surface area contributed by atoms with Crippen LogP contribution in [-0.4, -0.2) is 0 Å². The number of rotatable bonds is 3. The molecule has 0 saturated carbocycles. The zero-order valence-corrected chi connectivity index (χ0v) is 10.2. The Balaban J connectivity index is 2.13. The molecule has 20 heavy (non-hydrogen) atoms. The number of nitrogens with zero attached hydrogens (tertiary/aromatic N) is 2. The Bertz CT molecular complexity index is 730. The van der Waals surface area contributed by atoms with E-state index in [0.717, 1.165) is 12.1 Å². The summed E-state index contributed by atoms with van der Waals surface area (Å²) in [5.74, 6) is -0.986. The Hall–Kier alpha value is -2.92. The van der Waals surface area contributed by atoms with Gasteiger partial charge in [-0.15, -0.1) is 0 Å². The van der Waals surface area contributed by atoms with Crippen LogP contribution in [0.3, 0.4) is 0 Å². The number of hydrogen-bond acceptors (Lipinski definition) is 3. The lowest BCUT2D eigenvalue weighted by Crippen LogP contribution is -1.98. The molecule has 0 fully saturated rings. The fourth-order valence-electron chi connectivity index (χ4n) is 1.64. The molecular weight excluding hydrogens is 262 g/mol. The Kier molecular flexibility index (Phi) is 3.93. The van der Waals surface area contributed by atoms with Crippen molar-refractivity contribution in [2.24, 2.45) is 0 Å². The molecule has 0 saturated heterocycles. The Morgan fingerprint density at radius 2 is 1.80 bits per heavy atom. The molecule has 5 heteroatoms. The van der Waals surface area contributed by atoms with Gasteiger partial charge < -0.3 is 4.74 Å². The number of hydrogen-bond donors (Lipinski definition) is 0. The van der Waals surface area contributed by atoms with Gasteiger partial charge in [0, 0.05) is 6.07 Å². The van der Waals surface area contributed by atoms with E-state index in [-0.39, 0.29) is 23.5 Å². The molecule has 2 aromatic rings. The largest absolute Gasteiger partial charge is 0.489 e. The molecule has 0 spiro atoms. The zero-order chi connectivity index (χ0) is 14.5. The third kappa shape index (κ3) is 3.09. The van der Waals surface area contributed by atoms with Crippen molar-refractivity contribution in [1.29, 1.82) is 10.5 Å². The predicted molar refractivity (Wildman–Crippen MR) is 66.6 cm³/mol. The van der Waals surface area contributed by atoms with E-state index in [9.17, 15) is 8.78 Å². The maximum Gasteiger partial charge on any atom is 0.144 e. The normalized spacial score (nSPS) is 9.60. The standard InChI is InChI=1S/C15H8F2N2O/c16-13-4-10(7-18)3-11(5-13)9-20-14-2-1-12(8-19)15(17)6-14/h1-6H,9H2. The Morgan fingerprint density at radius 3 is 2.45 bits per heavy atom. The van der Waals surface area contributed by atoms with Crippen LogP contribution >= 0.6 is 0 Å². The molecule has 0 unspecified atom stereocenters. The van der Waals surface area contributed by atoms with Gasteiger partial charge in [0.1, 0.15) is 30.1 Å². The third-order valence-corrected chi connectivity index (χ3v) is 2.55. The van der Waals surface area contributed by atoms with Crippen molar-refractivity contribution in [3.8, 4) is 17.9 Å². The van der Waals surface area contributed by atoms with Crippen LogP contribution < -0.4 is 4.74 Å². The minimum absolute atomic E-state index is 0.00220. The van der Waals surface area contributed by atoms with Crippen molar-refractivity contribution < 1.29 is 13.5 Å². The summed E-state index contributed by atoms with van der Waals surface area (Å²) in [6.07, 6.45) is 0.